The molecule has 9 heteroatoms. The normalized spacial score (nSPS) is 14.8. The van der Waals surface area contributed by atoms with Crippen LogP contribution in [0.2, 0.25) is 5.02 Å². The van der Waals surface area contributed by atoms with Gasteiger partial charge in [-0.15, -0.1) is 0 Å². The zero-order valence-electron chi connectivity index (χ0n) is 18.6. The lowest BCUT2D eigenvalue weighted by Gasteiger charge is -2.26. The van der Waals surface area contributed by atoms with Crippen LogP contribution in [0.15, 0.2) is 72.3 Å². The first-order valence-corrected chi connectivity index (χ1v) is 11.0. The van der Waals surface area contributed by atoms with Gasteiger partial charge in [-0.05, 0) is 60.5 Å². The Kier molecular flexibility index (Phi) is 7.12. The standard InChI is InChI=1S/C26H20ClFN2O5/c1-2-34-22-14-17(13-21(27)23(22)35-15-16-7-6-8-18(28)11-16)12-20-24(31)29-26(33)30(25(20)32)19-9-4-3-5-10-19/h3-14H,2,15H2,1H3,(H,29,31,33)/b20-12+. The Hall–Kier alpha value is -4.17. The van der Waals surface area contributed by atoms with Crippen molar-refractivity contribution in [3.63, 3.8) is 0 Å². The summed E-state index contributed by atoms with van der Waals surface area (Å²) < 4.78 is 24.9. The van der Waals surface area contributed by atoms with Gasteiger partial charge in [0.05, 0.1) is 17.3 Å². The van der Waals surface area contributed by atoms with Gasteiger partial charge in [0, 0.05) is 0 Å². The zero-order valence-corrected chi connectivity index (χ0v) is 19.3. The summed E-state index contributed by atoms with van der Waals surface area (Å²) in [5.41, 5.74) is 1.06. The largest absolute Gasteiger partial charge is 0.490 e. The smallest absolute Gasteiger partial charge is 0.335 e. The molecule has 1 fully saturated rings. The van der Waals surface area contributed by atoms with Gasteiger partial charge in [-0.25, -0.2) is 14.1 Å². The van der Waals surface area contributed by atoms with Crippen molar-refractivity contribution in [2.24, 2.45) is 0 Å². The van der Waals surface area contributed by atoms with Gasteiger partial charge < -0.3 is 9.47 Å². The first-order chi connectivity index (χ1) is 16.9. The molecule has 0 aliphatic carbocycles. The van der Waals surface area contributed by atoms with Crippen molar-refractivity contribution in [1.82, 2.24) is 5.32 Å². The van der Waals surface area contributed by atoms with E-state index in [2.05, 4.69) is 5.32 Å². The number of barbiturate groups is 1. The number of imide groups is 2. The van der Waals surface area contributed by atoms with Gasteiger partial charge in [0.1, 0.15) is 18.0 Å². The number of nitrogens with one attached hydrogen (secondary N) is 1. The summed E-state index contributed by atoms with van der Waals surface area (Å²) in [6, 6.07) is 16.4. The third-order valence-electron chi connectivity index (χ3n) is 5.03. The number of amides is 4. The number of anilines is 1. The Balaban J connectivity index is 1.66. The van der Waals surface area contributed by atoms with Crippen molar-refractivity contribution >= 4 is 41.2 Å². The fourth-order valence-corrected chi connectivity index (χ4v) is 3.77. The predicted molar refractivity (Wildman–Crippen MR) is 129 cm³/mol. The molecule has 4 rings (SSSR count). The van der Waals surface area contributed by atoms with E-state index < -0.39 is 17.8 Å². The molecule has 1 aliphatic heterocycles. The lowest BCUT2D eigenvalue weighted by Crippen LogP contribution is -2.54. The molecule has 0 bridgehead atoms. The minimum atomic E-state index is -0.836. The fraction of sp³-hybridized carbons (Fsp3) is 0.115. The molecule has 0 spiro atoms. The highest BCUT2D eigenvalue weighted by Crippen LogP contribution is 2.38. The highest BCUT2D eigenvalue weighted by atomic mass is 35.5. The maximum atomic E-state index is 13.5. The SMILES string of the molecule is CCOc1cc(/C=C2\C(=O)NC(=O)N(c3ccccc3)C2=O)cc(Cl)c1OCc1cccc(F)c1. The van der Waals surface area contributed by atoms with Crippen molar-refractivity contribution in [3.8, 4) is 11.5 Å². The minimum Gasteiger partial charge on any atom is -0.490 e. The Labute approximate surface area is 205 Å². The van der Waals surface area contributed by atoms with Crippen LogP contribution in [0.1, 0.15) is 18.1 Å². The van der Waals surface area contributed by atoms with Crippen molar-refractivity contribution in [2.75, 3.05) is 11.5 Å². The molecular weight excluding hydrogens is 475 g/mol. The number of benzene rings is 3. The highest BCUT2D eigenvalue weighted by molar-refractivity contribution is 6.39. The summed E-state index contributed by atoms with van der Waals surface area (Å²) >= 11 is 6.45. The first kappa shape index (κ1) is 24.0. The quantitative estimate of drug-likeness (QED) is 0.364. The average Bonchev–Trinajstić information content (AvgIpc) is 2.82. The molecule has 0 radical (unpaired) electrons. The number of hydrogen-bond acceptors (Lipinski definition) is 5. The fourth-order valence-electron chi connectivity index (χ4n) is 3.49. The van der Waals surface area contributed by atoms with Gasteiger partial charge in [0.25, 0.3) is 11.8 Å². The monoisotopic (exact) mass is 494 g/mol. The van der Waals surface area contributed by atoms with Crippen LogP contribution in [0.5, 0.6) is 11.5 Å². The van der Waals surface area contributed by atoms with E-state index in [0.29, 0.717) is 23.4 Å². The molecule has 1 saturated heterocycles. The van der Waals surface area contributed by atoms with E-state index in [9.17, 15) is 18.8 Å². The van der Waals surface area contributed by atoms with Crippen LogP contribution in [0, 0.1) is 5.82 Å². The van der Waals surface area contributed by atoms with Crippen LogP contribution >= 0.6 is 11.6 Å². The molecule has 35 heavy (non-hydrogen) atoms. The summed E-state index contributed by atoms with van der Waals surface area (Å²) in [6.45, 7) is 2.12. The molecule has 7 nitrogen and oxygen atoms in total. The predicted octanol–water partition coefficient (Wildman–Crippen LogP) is 5.12. The minimum absolute atomic E-state index is 0.0486. The number of hydrogen-bond donors (Lipinski definition) is 1. The molecule has 0 atom stereocenters. The van der Waals surface area contributed by atoms with E-state index in [4.69, 9.17) is 21.1 Å². The van der Waals surface area contributed by atoms with Crippen molar-refractivity contribution in [3.05, 3.63) is 94.3 Å². The summed E-state index contributed by atoms with van der Waals surface area (Å²) in [7, 11) is 0. The lowest BCUT2D eigenvalue weighted by atomic mass is 10.1. The number of para-hydroxylation sites is 1. The van der Waals surface area contributed by atoms with Crippen molar-refractivity contribution in [2.45, 2.75) is 13.5 Å². The molecule has 1 N–H and O–H groups in total. The van der Waals surface area contributed by atoms with Gasteiger partial charge in [-0.3, -0.25) is 14.9 Å². The number of carbonyl (C=O) groups excluding carboxylic acids is 3. The van der Waals surface area contributed by atoms with Gasteiger partial charge in [-0.1, -0.05) is 41.9 Å². The van der Waals surface area contributed by atoms with Crippen molar-refractivity contribution in [1.29, 1.82) is 0 Å². The summed E-state index contributed by atoms with van der Waals surface area (Å²) in [6.07, 6.45) is 1.32. The molecule has 178 valence electrons. The second-order valence-corrected chi connectivity index (χ2v) is 7.88. The number of rotatable bonds is 7. The van der Waals surface area contributed by atoms with Gasteiger partial charge in [0.15, 0.2) is 11.5 Å². The average molecular weight is 495 g/mol. The maximum absolute atomic E-state index is 13.5. The van der Waals surface area contributed by atoms with E-state index >= 15 is 0 Å². The second-order valence-electron chi connectivity index (χ2n) is 7.47. The van der Waals surface area contributed by atoms with Crippen LogP contribution in [-0.4, -0.2) is 24.5 Å². The third-order valence-corrected chi connectivity index (χ3v) is 5.31. The molecular formula is C26H20ClFN2O5. The van der Waals surface area contributed by atoms with Crippen LogP contribution < -0.4 is 19.7 Å². The Bertz CT molecular complexity index is 1330. The van der Waals surface area contributed by atoms with Gasteiger partial charge in [0.2, 0.25) is 0 Å². The number of nitrogens with zero attached hydrogens (tertiary/aromatic N) is 1. The van der Waals surface area contributed by atoms with Crippen LogP contribution in [0.3, 0.4) is 0 Å². The third kappa shape index (κ3) is 5.33. The van der Waals surface area contributed by atoms with E-state index in [1.165, 1.54) is 24.3 Å². The topological polar surface area (TPSA) is 84.9 Å². The van der Waals surface area contributed by atoms with E-state index in [-0.39, 0.29) is 34.5 Å². The summed E-state index contributed by atoms with van der Waals surface area (Å²) in [5.74, 6) is -1.47. The highest BCUT2D eigenvalue weighted by Gasteiger charge is 2.36. The van der Waals surface area contributed by atoms with E-state index in [1.807, 2.05) is 0 Å². The molecule has 1 aliphatic rings. The van der Waals surface area contributed by atoms with Crippen LogP contribution in [-0.2, 0) is 16.2 Å². The van der Waals surface area contributed by atoms with E-state index in [1.54, 1.807) is 55.5 Å². The Morgan fingerprint density at radius 2 is 1.77 bits per heavy atom. The number of halogens is 2. The Morgan fingerprint density at radius 3 is 2.49 bits per heavy atom. The number of urea groups is 1. The summed E-state index contributed by atoms with van der Waals surface area (Å²) in [4.78, 5) is 38.7. The number of ether oxygens (including phenoxy) is 2. The summed E-state index contributed by atoms with van der Waals surface area (Å²) in [5, 5.41) is 2.34. The Morgan fingerprint density at radius 1 is 1.00 bits per heavy atom. The molecule has 3 aromatic rings. The maximum Gasteiger partial charge on any atom is 0.335 e. The second kappa shape index (κ2) is 10.4. The van der Waals surface area contributed by atoms with Crippen LogP contribution in [0.25, 0.3) is 6.08 Å². The van der Waals surface area contributed by atoms with Crippen molar-refractivity contribution < 1.29 is 28.2 Å². The molecule has 0 saturated carbocycles. The van der Waals surface area contributed by atoms with Gasteiger partial charge >= 0.3 is 6.03 Å². The van der Waals surface area contributed by atoms with Gasteiger partial charge in [-0.2, -0.15) is 0 Å². The first-order valence-electron chi connectivity index (χ1n) is 10.7. The molecule has 0 aromatic heterocycles. The lowest BCUT2D eigenvalue weighted by molar-refractivity contribution is -0.122. The molecule has 3 aromatic carbocycles. The molecule has 1 heterocycles. The zero-order chi connectivity index (χ0) is 24.9. The van der Waals surface area contributed by atoms with E-state index in [0.717, 1.165) is 4.90 Å². The van der Waals surface area contributed by atoms with Crippen LogP contribution in [0.4, 0.5) is 14.9 Å². The number of carbonyl (C=O) groups is 3. The molecule has 0 unspecified atom stereocenters. The molecule has 4 amide bonds.